The van der Waals surface area contributed by atoms with Crippen LogP contribution in [0.4, 0.5) is 26.3 Å². The molecule has 1 saturated heterocycles. The van der Waals surface area contributed by atoms with Crippen LogP contribution in [0.3, 0.4) is 0 Å². The van der Waals surface area contributed by atoms with Gasteiger partial charge >= 0.3 is 24.2 Å². The molecule has 2 atom stereocenters. The first-order valence-electron chi connectivity index (χ1n) is 20.3. The minimum absolute atomic E-state index is 0.00605. The third-order valence-corrected chi connectivity index (χ3v) is 9.64. The lowest BCUT2D eigenvalue weighted by Crippen LogP contribution is -2.37. The molecule has 0 unspecified atom stereocenters. The highest BCUT2D eigenvalue weighted by Crippen LogP contribution is 2.28. The van der Waals surface area contributed by atoms with E-state index in [1.54, 1.807) is 29.6 Å². The van der Waals surface area contributed by atoms with Gasteiger partial charge in [-0.15, -0.1) is 0 Å². The molecule has 58 heavy (non-hydrogen) atoms. The zero-order valence-corrected chi connectivity index (χ0v) is 33.5. The molecule has 0 bridgehead atoms. The number of ether oxygens (including phenoxy) is 4. The average molecular weight is 837 g/mol. The number of carbonyl (C=O) groups is 2. The highest BCUT2D eigenvalue weighted by molar-refractivity contribution is 5.81. The van der Waals surface area contributed by atoms with E-state index in [0.29, 0.717) is 42.7 Å². The fourth-order valence-electron chi connectivity index (χ4n) is 6.40. The Hall–Kier alpha value is -3.60. The smallest absolute Gasteiger partial charge is 0.490 e. The van der Waals surface area contributed by atoms with E-state index in [1.165, 1.54) is 84.0 Å². The second-order valence-electron chi connectivity index (χ2n) is 14.5. The number of benzene rings is 2. The van der Waals surface area contributed by atoms with E-state index in [-0.39, 0.29) is 19.6 Å². The number of aliphatic hydroxyl groups is 2. The molecule has 3 fully saturated rings. The Labute approximate surface area is 338 Å². The van der Waals surface area contributed by atoms with E-state index in [9.17, 15) is 46.1 Å². The summed E-state index contributed by atoms with van der Waals surface area (Å²) in [7, 11) is 0. The molecule has 0 spiro atoms. The highest BCUT2D eigenvalue weighted by atomic mass is 19.4. The van der Waals surface area contributed by atoms with Gasteiger partial charge in [-0.3, -0.25) is 4.79 Å². The second kappa shape index (κ2) is 28.0. The molecular formula is C42H62F6N2O8. The molecule has 3 aliphatic rings. The van der Waals surface area contributed by atoms with Gasteiger partial charge in [0, 0.05) is 19.8 Å². The van der Waals surface area contributed by atoms with E-state index < -0.39 is 36.4 Å². The number of nitrogens with two attached hydrogens (primary N) is 1. The zero-order valence-electron chi connectivity index (χ0n) is 33.5. The number of esters is 1. The number of aliphatic hydroxyl groups excluding tert-OH is 2. The first kappa shape index (κ1) is 50.5. The Morgan fingerprint density at radius 1 is 0.741 bits per heavy atom. The van der Waals surface area contributed by atoms with Crippen molar-refractivity contribution in [3.05, 3.63) is 59.7 Å². The van der Waals surface area contributed by atoms with Crippen LogP contribution in [0, 0.1) is 11.8 Å². The number of carbonyl (C=O) groups excluding carboxylic acids is 2. The van der Waals surface area contributed by atoms with Gasteiger partial charge in [0.15, 0.2) is 0 Å². The van der Waals surface area contributed by atoms with E-state index in [1.807, 2.05) is 24.3 Å². The van der Waals surface area contributed by atoms with Crippen molar-refractivity contribution in [1.29, 1.82) is 0 Å². The summed E-state index contributed by atoms with van der Waals surface area (Å²) in [5.41, 5.74) is 6.92. The fourth-order valence-corrected chi connectivity index (χ4v) is 6.40. The SMILES string of the molecule is C1CCOC1.CCOC(=O)C(F)(F)F.NCC[C@@H](O)c1cccc(OCC2CCCCC2)c1.O=C(NCC[C@@H](O)c1cccc(OCC2CCCCC2)c1)C(F)(F)F. The van der Waals surface area contributed by atoms with Crippen LogP contribution in [0.25, 0.3) is 0 Å². The maximum atomic E-state index is 12.1. The molecule has 16 heteroatoms. The minimum atomic E-state index is -4.90. The summed E-state index contributed by atoms with van der Waals surface area (Å²) < 4.78 is 90.0. The highest BCUT2D eigenvalue weighted by Gasteiger charge is 2.40. The van der Waals surface area contributed by atoms with E-state index >= 15 is 0 Å². The molecule has 10 nitrogen and oxygen atoms in total. The quantitative estimate of drug-likeness (QED) is 0.108. The van der Waals surface area contributed by atoms with Gasteiger partial charge in [0.1, 0.15) is 11.5 Å². The molecule has 330 valence electrons. The Bertz CT molecular complexity index is 1410. The van der Waals surface area contributed by atoms with Gasteiger partial charge in [0.25, 0.3) is 0 Å². The predicted molar refractivity (Wildman–Crippen MR) is 207 cm³/mol. The predicted octanol–water partition coefficient (Wildman–Crippen LogP) is 8.68. The molecule has 1 aliphatic heterocycles. The monoisotopic (exact) mass is 836 g/mol. The average Bonchev–Trinajstić information content (AvgIpc) is 3.81. The molecule has 5 N–H and O–H groups in total. The summed E-state index contributed by atoms with van der Waals surface area (Å²) >= 11 is 0. The van der Waals surface area contributed by atoms with Crippen molar-refractivity contribution in [2.24, 2.45) is 17.6 Å². The number of alkyl halides is 6. The largest absolute Gasteiger partial charge is 0.493 e. The minimum Gasteiger partial charge on any atom is -0.493 e. The maximum Gasteiger partial charge on any atom is 0.490 e. The first-order valence-corrected chi connectivity index (χ1v) is 20.3. The lowest BCUT2D eigenvalue weighted by molar-refractivity contribution is -0.199. The fraction of sp³-hybridized carbons (Fsp3) is 0.667. The van der Waals surface area contributed by atoms with Crippen LogP contribution in [0.15, 0.2) is 48.5 Å². The van der Waals surface area contributed by atoms with Crippen molar-refractivity contribution in [2.75, 3.05) is 46.1 Å². The molecule has 1 heterocycles. The number of rotatable bonds is 14. The maximum absolute atomic E-state index is 12.1. The van der Waals surface area contributed by atoms with Gasteiger partial charge in [0.05, 0.1) is 32.0 Å². The van der Waals surface area contributed by atoms with Gasteiger partial charge in [-0.2, -0.15) is 26.3 Å². The first-order chi connectivity index (χ1) is 27.6. The molecule has 5 rings (SSSR count). The van der Waals surface area contributed by atoms with Crippen LogP contribution in [0.1, 0.15) is 120 Å². The van der Waals surface area contributed by atoms with Crippen LogP contribution in [-0.2, 0) is 19.1 Å². The Kier molecular flexibility index (Phi) is 24.4. The van der Waals surface area contributed by atoms with Gasteiger partial charge < -0.3 is 40.2 Å². The third kappa shape index (κ3) is 22.0. The summed E-state index contributed by atoms with van der Waals surface area (Å²) in [5.74, 6) is -1.37. The molecule has 0 aromatic heterocycles. The molecule has 0 radical (unpaired) electrons. The van der Waals surface area contributed by atoms with Gasteiger partial charge in [-0.05, 0) is 112 Å². The van der Waals surface area contributed by atoms with Crippen LogP contribution < -0.4 is 20.5 Å². The lowest BCUT2D eigenvalue weighted by atomic mass is 9.90. The van der Waals surface area contributed by atoms with Crippen molar-refractivity contribution < 1.29 is 65.1 Å². The number of hydrogen-bond donors (Lipinski definition) is 4. The summed E-state index contributed by atoms with van der Waals surface area (Å²) in [6.45, 7) is 4.74. The van der Waals surface area contributed by atoms with Gasteiger partial charge in [-0.1, -0.05) is 62.8 Å². The Balaban J connectivity index is 0.000000306. The molecule has 1 amide bonds. The summed E-state index contributed by atoms with van der Waals surface area (Å²) in [5, 5.41) is 21.8. The van der Waals surface area contributed by atoms with Crippen LogP contribution >= 0.6 is 0 Å². The Morgan fingerprint density at radius 3 is 1.57 bits per heavy atom. The lowest BCUT2D eigenvalue weighted by Gasteiger charge is -2.22. The molecule has 2 aromatic rings. The standard InChI is InChI=1S/C18H24F3NO3.C16H25NO2.C4H5F3O2.C4H8O/c19-18(20,21)17(24)22-10-9-16(23)14-7-4-8-15(11-14)25-12-13-5-2-1-3-6-13;17-10-9-16(18)14-7-4-8-15(11-14)19-12-13-5-2-1-3-6-13;1-2-9-3(8)4(5,6)7;1-2-4-5-3-1/h4,7-8,11,13,16,23H,1-3,5-6,9-10,12H2,(H,22,24);4,7-8,11,13,16,18H,1-3,5-6,9-10,12,17H2;2H2,1H3;1-4H2/t2*16-;;/m11../s1. The molecule has 2 saturated carbocycles. The van der Waals surface area contributed by atoms with Gasteiger partial charge in [0.2, 0.25) is 0 Å². The number of halogens is 6. The topological polar surface area (TPSA) is 150 Å². The number of amides is 1. The third-order valence-electron chi connectivity index (χ3n) is 9.64. The number of nitrogens with one attached hydrogen (secondary N) is 1. The molecular weight excluding hydrogens is 774 g/mol. The van der Waals surface area contributed by atoms with E-state index in [2.05, 4.69) is 4.74 Å². The summed E-state index contributed by atoms with van der Waals surface area (Å²) in [4.78, 5) is 20.5. The van der Waals surface area contributed by atoms with Crippen molar-refractivity contribution in [2.45, 2.75) is 121 Å². The van der Waals surface area contributed by atoms with Crippen molar-refractivity contribution in [1.82, 2.24) is 5.32 Å². The summed E-state index contributed by atoms with van der Waals surface area (Å²) in [6.07, 6.45) is 4.64. The van der Waals surface area contributed by atoms with Crippen LogP contribution in [0.5, 0.6) is 11.5 Å². The van der Waals surface area contributed by atoms with Crippen LogP contribution in [0.2, 0.25) is 0 Å². The molecule has 2 aliphatic carbocycles. The van der Waals surface area contributed by atoms with Crippen molar-refractivity contribution >= 4 is 11.9 Å². The zero-order chi connectivity index (χ0) is 42.8. The summed E-state index contributed by atoms with van der Waals surface area (Å²) in [6, 6.07) is 14.7. The van der Waals surface area contributed by atoms with Crippen LogP contribution in [-0.4, -0.2) is 80.6 Å². The van der Waals surface area contributed by atoms with Gasteiger partial charge in [-0.25, -0.2) is 4.79 Å². The molecule has 2 aromatic carbocycles. The van der Waals surface area contributed by atoms with Crippen molar-refractivity contribution in [3.8, 4) is 11.5 Å². The van der Waals surface area contributed by atoms with E-state index in [0.717, 1.165) is 31.1 Å². The van der Waals surface area contributed by atoms with Crippen molar-refractivity contribution in [3.63, 3.8) is 0 Å². The normalized spacial score (nSPS) is 17.1. The Morgan fingerprint density at radius 2 is 1.21 bits per heavy atom. The van der Waals surface area contributed by atoms with E-state index in [4.69, 9.17) is 19.9 Å². The number of hydrogen-bond acceptors (Lipinski definition) is 9. The second-order valence-corrected chi connectivity index (χ2v) is 14.5.